The number of Topliss-reactive ketones (excluding diaryl/α,β-unsaturated/α-hetero) is 1. The minimum atomic E-state index is -4.50. The summed E-state index contributed by atoms with van der Waals surface area (Å²) < 4.78 is 56.2. The summed E-state index contributed by atoms with van der Waals surface area (Å²) in [6.45, 7) is 3.91. The van der Waals surface area contributed by atoms with Gasteiger partial charge in [0, 0.05) is 35.1 Å². The van der Waals surface area contributed by atoms with Gasteiger partial charge in [-0.1, -0.05) is 25.1 Å². The van der Waals surface area contributed by atoms with Gasteiger partial charge in [-0.25, -0.2) is 0 Å². The largest absolute Gasteiger partial charge is 0.493 e. The highest BCUT2D eigenvalue weighted by Gasteiger charge is 2.45. The van der Waals surface area contributed by atoms with Crippen LogP contribution in [-0.4, -0.2) is 49.8 Å². The Bertz CT molecular complexity index is 1320. The number of ether oxygens (including phenoxy) is 3. The van der Waals surface area contributed by atoms with E-state index in [9.17, 15) is 22.8 Å². The van der Waals surface area contributed by atoms with Crippen molar-refractivity contribution in [2.45, 2.75) is 44.7 Å². The number of ketones is 1. The Kier molecular flexibility index (Phi) is 9.28. The van der Waals surface area contributed by atoms with Gasteiger partial charge in [-0.15, -0.1) is 0 Å². The van der Waals surface area contributed by atoms with Gasteiger partial charge in [0.05, 0.1) is 19.8 Å². The van der Waals surface area contributed by atoms with Crippen LogP contribution in [0, 0.1) is 5.92 Å². The molecule has 2 aromatic carbocycles. The maximum atomic E-state index is 13.8. The second kappa shape index (κ2) is 12.5. The second-order valence-electron chi connectivity index (χ2n) is 9.70. The van der Waals surface area contributed by atoms with E-state index in [0.717, 1.165) is 23.4 Å². The van der Waals surface area contributed by atoms with Crippen molar-refractivity contribution in [2.75, 3.05) is 32.3 Å². The van der Waals surface area contributed by atoms with E-state index in [-0.39, 0.29) is 24.7 Å². The third-order valence-electron chi connectivity index (χ3n) is 7.29. The fourth-order valence-electron chi connectivity index (χ4n) is 5.38. The topological polar surface area (TPSA) is 74.2 Å². The van der Waals surface area contributed by atoms with Crippen molar-refractivity contribution >= 4 is 29.2 Å². The van der Waals surface area contributed by atoms with Crippen LogP contribution in [0.2, 0.25) is 0 Å². The maximum Gasteiger partial charge on any atom is 0.416 e. The van der Waals surface area contributed by atoms with Crippen molar-refractivity contribution < 1.29 is 37.0 Å². The van der Waals surface area contributed by atoms with Gasteiger partial charge in [-0.3, -0.25) is 14.6 Å². The van der Waals surface area contributed by atoms with Crippen molar-refractivity contribution in [3.63, 3.8) is 0 Å². The number of benzene rings is 2. The first-order chi connectivity index (χ1) is 19.1. The summed E-state index contributed by atoms with van der Waals surface area (Å²) in [6, 6.07) is 10.2. The fraction of sp³-hybridized carbons (Fsp3) is 0.433. The smallest absolute Gasteiger partial charge is 0.416 e. The average molecular weight is 576 g/mol. The normalized spacial score (nSPS) is 21.0. The van der Waals surface area contributed by atoms with Crippen LogP contribution in [0.15, 0.2) is 58.7 Å². The number of alkyl halides is 3. The lowest BCUT2D eigenvalue weighted by molar-refractivity contribution is -0.146. The van der Waals surface area contributed by atoms with E-state index in [1.165, 1.54) is 19.2 Å². The number of hydrogen-bond donors (Lipinski definition) is 0. The highest BCUT2D eigenvalue weighted by molar-refractivity contribution is 7.99. The lowest BCUT2D eigenvalue weighted by Crippen LogP contribution is -2.38. The second-order valence-corrected chi connectivity index (χ2v) is 11.1. The molecule has 3 atom stereocenters. The van der Waals surface area contributed by atoms with Gasteiger partial charge in [-0.2, -0.15) is 24.9 Å². The number of thioether (sulfide) groups is 1. The molecule has 1 aliphatic carbocycles. The molecule has 10 heteroatoms. The number of carbonyl (C=O) groups excluding carboxylic acids is 2. The van der Waals surface area contributed by atoms with Gasteiger partial charge >= 0.3 is 12.1 Å². The Morgan fingerprint density at radius 3 is 2.33 bits per heavy atom. The molecule has 0 aromatic heterocycles. The van der Waals surface area contributed by atoms with Crippen LogP contribution in [0.25, 0.3) is 0 Å². The molecule has 0 radical (unpaired) electrons. The summed E-state index contributed by atoms with van der Waals surface area (Å²) in [7, 11) is 3.08. The molecule has 0 spiro atoms. The first-order valence-electron chi connectivity index (χ1n) is 13.0. The molecule has 2 aliphatic rings. The average Bonchev–Trinajstić information content (AvgIpc) is 2.93. The highest BCUT2D eigenvalue weighted by Crippen LogP contribution is 2.48. The molecular weight excluding hydrogens is 543 g/mol. The molecule has 1 aliphatic heterocycles. The molecule has 0 N–H and O–H groups in total. The lowest BCUT2D eigenvalue weighted by Gasteiger charge is -2.36. The summed E-state index contributed by atoms with van der Waals surface area (Å²) in [5, 5.41) is 0. The Hall–Kier alpha value is -3.27. The Balaban J connectivity index is 1.73. The van der Waals surface area contributed by atoms with Crippen LogP contribution in [0.4, 0.5) is 13.2 Å². The summed E-state index contributed by atoms with van der Waals surface area (Å²) in [6.07, 6.45) is -3.91. The van der Waals surface area contributed by atoms with Crippen molar-refractivity contribution in [2.24, 2.45) is 10.9 Å². The lowest BCUT2D eigenvalue weighted by atomic mass is 9.69. The van der Waals surface area contributed by atoms with Crippen LogP contribution >= 0.6 is 11.8 Å². The van der Waals surface area contributed by atoms with Crippen molar-refractivity contribution in [1.29, 1.82) is 0 Å². The van der Waals surface area contributed by atoms with Crippen LogP contribution in [0.1, 0.15) is 55.2 Å². The number of nitrogens with zero attached hydrogens (tertiary/aromatic N) is 1. The zero-order chi connectivity index (χ0) is 29.0. The van der Waals surface area contributed by atoms with Gasteiger partial charge in [-0.05, 0) is 60.4 Å². The van der Waals surface area contributed by atoms with Crippen molar-refractivity contribution in [3.05, 3.63) is 70.4 Å². The minimum absolute atomic E-state index is 0.162. The minimum Gasteiger partial charge on any atom is -0.493 e. The number of methoxy groups -OCH3 is 2. The van der Waals surface area contributed by atoms with E-state index in [1.54, 1.807) is 31.9 Å². The quantitative estimate of drug-likeness (QED) is 0.248. The fourth-order valence-corrected chi connectivity index (χ4v) is 5.87. The zero-order valence-electron chi connectivity index (χ0n) is 22.8. The molecule has 4 rings (SSSR count). The summed E-state index contributed by atoms with van der Waals surface area (Å²) in [4.78, 5) is 31.8. The van der Waals surface area contributed by atoms with Gasteiger partial charge in [0.15, 0.2) is 17.3 Å². The molecule has 0 amide bonds. The molecule has 0 bridgehead atoms. The van der Waals surface area contributed by atoms with Gasteiger partial charge < -0.3 is 14.2 Å². The van der Waals surface area contributed by atoms with Crippen LogP contribution in [-0.2, 0) is 20.5 Å². The molecule has 6 nitrogen and oxygen atoms in total. The van der Waals surface area contributed by atoms with E-state index < -0.39 is 29.5 Å². The third-order valence-corrected chi connectivity index (χ3v) is 8.16. The number of rotatable bonds is 9. The molecule has 40 heavy (non-hydrogen) atoms. The predicted molar refractivity (Wildman–Crippen MR) is 148 cm³/mol. The molecule has 0 saturated heterocycles. The summed E-state index contributed by atoms with van der Waals surface area (Å²) in [5.41, 5.74) is 1.91. The molecule has 214 valence electrons. The molecule has 1 unspecified atom stereocenters. The Morgan fingerprint density at radius 1 is 1.02 bits per heavy atom. The number of hydrogen-bond acceptors (Lipinski definition) is 7. The molecule has 2 aromatic rings. The van der Waals surface area contributed by atoms with Crippen LogP contribution in [0.3, 0.4) is 0 Å². The molecular formula is C30H32F3NO5S. The number of carbonyl (C=O) groups is 2. The third kappa shape index (κ3) is 6.22. The number of esters is 1. The SMILES string of the molecule is CCSCCOC(=O)C1C(C)=NC2=C(C(=O)C[C@@H](c3ccc(OC)c(OC)c3)C2)[C@@H]1c1ccc(C(F)(F)F)cc1. The van der Waals surface area contributed by atoms with E-state index >= 15 is 0 Å². The Morgan fingerprint density at radius 2 is 1.70 bits per heavy atom. The molecule has 0 saturated carbocycles. The first kappa shape index (κ1) is 29.7. The zero-order valence-corrected chi connectivity index (χ0v) is 23.7. The van der Waals surface area contributed by atoms with Gasteiger partial charge in [0.2, 0.25) is 0 Å². The van der Waals surface area contributed by atoms with Gasteiger partial charge in [0.1, 0.15) is 12.5 Å². The van der Waals surface area contributed by atoms with E-state index in [4.69, 9.17) is 19.2 Å². The molecule has 1 heterocycles. The molecule has 0 fully saturated rings. The Labute approximate surface area is 236 Å². The standard InChI is InChI=1S/C30H32F3NO5S/c1-5-40-13-12-39-29(36)26-17(2)34-22-14-20(19-8-11-24(37-3)25(16-19)38-4)15-23(35)28(22)27(26)18-6-9-21(10-7-18)30(31,32)33/h6-11,16,20,26-27H,5,12-15H2,1-4H3/t20-,26?,27+/m0/s1. The van der Waals surface area contributed by atoms with Crippen LogP contribution < -0.4 is 9.47 Å². The monoisotopic (exact) mass is 575 g/mol. The number of aliphatic imine (C=N–C) groups is 1. The predicted octanol–water partition coefficient (Wildman–Crippen LogP) is 6.59. The van der Waals surface area contributed by atoms with E-state index in [0.29, 0.717) is 46.2 Å². The summed E-state index contributed by atoms with van der Waals surface area (Å²) in [5.74, 6) is -0.0135. The number of halogens is 3. The van der Waals surface area contributed by atoms with Crippen molar-refractivity contribution in [1.82, 2.24) is 0 Å². The highest BCUT2D eigenvalue weighted by atomic mass is 32.2. The van der Waals surface area contributed by atoms with Crippen molar-refractivity contribution in [3.8, 4) is 11.5 Å². The maximum absolute atomic E-state index is 13.8. The first-order valence-corrected chi connectivity index (χ1v) is 14.2. The van der Waals surface area contributed by atoms with Crippen LogP contribution in [0.5, 0.6) is 11.5 Å². The summed E-state index contributed by atoms with van der Waals surface area (Å²) >= 11 is 1.63. The number of allylic oxidation sites excluding steroid dienone is 2. The van der Waals surface area contributed by atoms with Gasteiger partial charge in [0.25, 0.3) is 0 Å². The van der Waals surface area contributed by atoms with E-state index in [2.05, 4.69) is 0 Å². The van der Waals surface area contributed by atoms with E-state index in [1.807, 2.05) is 19.1 Å².